The molecule has 1 aromatic rings. The fourth-order valence-corrected chi connectivity index (χ4v) is 3.95. The van der Waals surface area contributed by atoms with E-state index in [1.165, 1.54) is 9.75 Å². The van der Waals surface area contributed by atoms with Gasteiger partial charge >= 0.3 is 0 Å². The minimum Gasteiger partial charge on any atom is -0.320 e. The number of thiophene rings is 1. The van der Waals surface area contributed by atoms with Crippen molar-refractivity contribution in [1.29, 1.82) is 0 Å². The first-order valence-corrected chi connectivity index (χ1v) is 8.56. The number of carbonyl (C=O) groups excluding carboxylic acids is 1. The average molecular weight is 309 g/mol. The predicted molar refractivity (Wildman–Crippen MR) is 88.5 cm³/mol. The first kappa shape index (κ1) is 16.5. The van der Waals surface area contributed by atoms with Crippen molar-refractivity contribution in [2.24, 2.45) is 0 Å². The molecule has 1 aliphatic rings. The number of carbonyl (C=O) groups is 1. The van der Waals surface area contributed by atoms with E-state index in [1.54, 1.807) is 11.3 Å². The molecular formula is C16H27N3OS. The molecule has 1 atom stereocenters. The molecule has 0 saturated carbocycles. The number of amides is 1. The Morgan fingerprint density at radius 2 is 2.00 bits per heavy atom. The zero-order valence-electron chi connectivity index (χ0n) is 13.7. The normalized spacial score (nSPS) is 19.5. The van der Waals surface area contributed by atoms with Crippen LogP contribution in [-0.2, 0) is 4.79 Å². The monoisotopic (exact) mass is 309 g/mol. The summed E-state index contributed by atoms with van der Waals surface area (Å²) in [5.41, 5.74) is 0. The number of nitrogens with zero attached hydrogens (tertiary/aromatic N) is 2. The summed E-state index contributed by atoms with van der Waals surface area (Å²) in [5, 5.41) is 3.34. The number of aryl methyl sites for hydroxylation is 1. The summed E-state index contributed by atoms with van der Waals surface area (Å²) in [7, 11) is 0. The minimum atomic E-state index is 0.0531. The number of hydrogen-bond donors (Lipinski definition) is 1. The maximum Gasteiger partial charge on any atom is 0.238 e. The molecule has 118 valence electrons. The molecular weight excluding hydrogens is 282 g/mol. The number of hydrogen-bond acceptors (Lipinski definition) is 4. The fourth-order valence-electron chi connectivity index (χ4n) is 2.98. The van der Waals surface area contributed by atoms with E-state index in [0.717, 1.165) is 13.1 Å². The van der Waals surface area contributed by atoms with E-state index >= 15 is 0 Å². The van der Waals surface area contributed by atoms with Gasteiger partial charge in [-0.3, -0.25) is 15.0 Å². The lowest BCUT2D eigenvalue weighted by Gasteiger charge is -2.33. The Morgan fingerprint density at radius 1 is 1.33 bits per heavy atom. The third-order valence-electron chi connectivity index (χ3n) is 4.03. The average Bonchev–Trinajstić information content (AvgIpc) is 2.96. The second kappa shape index (κ2) is 6.90. The van der Waals surface area contributed by atoms with Gasteiger partial charge in [0.15, 0.2) is 0 Å². The highest BCUT2D eigenvalue weighted by Gasteiger charge is 2.32. The standard InChI is InChI=1S/C16H27N3OS/c1-11(2)18(12(3)4)8-9-19-15(20)10-17-16(19)14-7-6-13(5)21-14/h6-7,11-12,16-17H,8-10H2,1-5H3. The maximum atomic E-state index is 12.2. The van der Waals surface area contributed by atoms with Gasteiger partial charge in [-0.1, -0.05) is 0 Å². The smallest absolute Gasteiger partial charge is 0.238 e. The van der Waals surface area contributed by atoms with Gasteiger partial charge in [0.1, 0.15) is 6.17 Å². The summed E-state index contributed by atoms with van der Waals surface area (Å²) in [5.74, 6) is 0.207. The van der Waals surface area contributed by atoms with Gasteiger partial charge in [-0.25, -0.2) is 0 Å². The molecule has 1 amide bonds. The molecule has 1 aliphatic heterocycles. The van der Waals surface area contributed by atoms with Gasteiger partial charge in [-0.05, 0) is 46.8 Å². The maximum absolute atomic E-state index is 12.2. The van der Waals surface area contributed by atoms with E-state index in [-0.39, 0.29) is 12.1 Å². The van der Waals surface area contributed by atoms with Crippen molar-refractivity contribution in [3.8, 4) is 0 Å². The minimum absolute atomic E-state index is 0.0531. The van der Waals surface area contributed by atoms with Crippen molar-refractivity contribution < 1.29 is 4.79 Å². The van der Waals surface area contributed by atoms with Crippen molar-refractivity contribution in [1.82, 2.24) is 15.1 Å². The van der Waals surface area contributed by atoms with Crippen LogP contribution in [0.2, 0.25) is 0 Å². The largest absolute Gasteiger partial charge is 0.320 e. The van der Waals surface area contributed by atoms with Crippen LogP contribution in [0.5, 0.6) is 0 Å². The van der Waals surface area contributed by atoms with Crippen LogP contribution in [0.15, 0.2) is 12.1 Å². The highest BCUT2D eigenvalue weighted by molar-refractivity contribution is 7.12. The van der Waals surface area contributed by atoms with Crippen LogP contribution in [0.1, 0.15) is 43.6 Å². The Balaban J connectivity index is 2.04. The molecule has 1 fully saturated rings. The lowest BCUT2D eigenvalue weighted by molar-refractivity contribution is -0.128. The molecule has 1 N–H and O–H groups in total. The summed E-state index contributed by atoms with van der Waals surface area (Å²) in [6.45, 7) is 13.1. The van der Waals surface area contributed by atoms with Crippen LogP contribution in [0.3, 0.4) is 0 Å². The van der Waals surface area contributed by atoms with E-state index in [4.69, 9.17) is 0 Å². The highest BCUT2D eigenvalue weighted by Crippen LogP contribution is 2.28. The Labute approximate surface area is 132 Å². The van der Waals surface area contributed by atoms with Gasteiger partial charge in [0.25, 0.3) is 0 Å². The summed E-state index contributed by atoms with van der Waals surface area (Å²) < 4.78 is 0. The molecule has 21 heavy (non-hydrogen) atoms. The molecule has 0 radical (unpaired) electrons. The molecule has 2 heterocycles. The molecule has 5 heteroatoms. The van der Waals surface area contributed by atoms with Crippen LogP contribution in [-0.4, -0.2) is 47.4 Å². The van der Waals surface area contributed by atoms with Gasteiger partial charge in [0.05, 0.1) is 6.54 Å². The highest BCUT2D eigenvalue weighted by atomic mass is 32.1. The number of rotatable bonds is 6. The third kappa shape index (κ3) is 3.84. The molecule has 4 nitrogen and oxygen atoms in total. The summed E-state index contributed by atoms with van der Waals surface area (Å²) in [6, 6.07) is 5.25. The third-order valence-corrected chi connectivity index (χ3v) is 5.09. The van der Waals surface area contributed by atoms with E-state index in [9.17, 15) is 4.79 Å². The molecule has 0 aromatic carbocycles. The first-order chi connectivity index (χ1) is 9.90. The van der Waals surface area contributed by atoms with E-state index < -0.39 is 0 Å². The summed E-state index contributed by atoms with van der Waals surface area (Å²) in [4.78, 5) is 19.1. The molecule has 0 aliphatic carbocycles. The Bertz CT molecular complexity index is 476. The lowest BCUT2D eigenvalue weighted by Crippen LogP contribution is -2.43. The van der Waals surface area contributed by atoms with Gasteiger partial charge in [-0.15, -0.1) is 11.3 Å². The van der Waals surface area contributed by atoms with E-state index in [2.05, 4.69) is 57.0 Å². The van der Waals surface area contributed by atoms with Crippen LogP contribution in [0, 0.1) is 6.92 Å². The summed E-state index contributed by atoms with van der Waals surface area (Å²) in [6.07, 6.45) is 0.0531. The fraction of sp³-hybridized carbons (Fsp3) is 0.688. The molecule has 1 unspecified atom stereocenters. The Morgan fingerprint density at radius 3 is 2.52 bits per heavy atom. The van der Waals surface area contributed by atoms with Crippen molar-refractivity contribution in [3.05, 3.63) is 21.9 Å². The molecule has 0 spiro atoms. The topological polar surface area (TPSA) is 35.6 Å². The second-order valence-electron chi connectivity index (χ2n) is 6.24. The molecule has 1 aromatic heterocycles. The van der Waals surface area contributed by atoms with Gasteiger partial charge in [0.2, 0.25) is 5.91 Å². The quantitative estimate of drug-likeness (QED) is 0.877. The van der Waals surface area contributed by atoms with Crippen molar-refractivity contribution in [3.63, 3.8) is 0 Å². The van der Waals surface area contributed by atoms with Crippen LogP contribution in [0.4, 0.5) is 0 Å². The van der Waals surface area contributed by atoms with Crippen LogP contribution < -0.4 is 5.32 Å². The first-order valence-electron chi connectivity index (χ1n) is 7.75. The Kier molecular flexibility index (Phi) is 5.41. The molecule has 0 bridgehead atoms. The van der Waals surface area contributed by atoms with Crippen molar-refractivity contribution >= 4 is 17.2 Å². The SMILES string of the molecule is Cc1ccc(C2NCC(=O)N2CCN(C(C)C)C(C)C)s1. The van der Waals surface area contributed by atoms with E-state index in [0.29, 0.717) is 18.6 Å². The summed E-state index contributed by atoms with van der Waals surface area (Å²) >= 11 is 1.77. The van der Waals surface area contributed by atoms with Gasteiger partial charge in [0, 0.05) is 34.9 Å². The zero-order chi connectivity index (χ0) is 15.6. The molecule has 2 rings (SSSR count). The second-order valence-corrected chi connectivity index (χ2v) is 7.56. The lowest BCUT2D eigenvalue weighted by atomic mass is 10.2. The van der Waals surface area contributed by atoms with Gasteiger partial charge in [-0.2, -0.15) is 0 Å². The molecule has 1 saturated heterocycles. The van der Waals surface area contributed by atoms with Crippen LogP contribution >= 0.6 is 11.3 Å². The number of nitrogens with one attached hydrogen (secondary N) is 1. The predicted octanol–water partition coefficient (Wildman–Crippen LogP) is 2.61. The zero-order valence-corrected chi connectivity index (χ0v) is 14.5. The van der Waals surface area contributed by atoms with Gasteiger partial charge < -0.3 is 4.90 Å². The Hall–Kier alpha value is -0.910. The van der Waals surface area contributed by atoms with Crippen LogP contribution in [0.25, 0.3) is 0 Å². The van der Waals surface area contributed by atoms with E-state index in [1.807, 2.05) is 4.90 Å². The van der Waals surface area contributed by atoms with Crippen molar-refractivity contribution in [2.75, 3.05) is 19.6 Å². The van der Waals surface area contributed by atoms with Crippen molar-refractivity contribution in [2.45, 2.75) is 52.9 Å².